The Morgan fingerprint density at radius 2 is 1.66 bits per heavy atom. The molecule has 0 aliphatic rings. The van der Waals surface area contributed by atoms with Crippen molar-refractivity contribution in [2.75, 3.05) is 0 Å². The molecule has 3 aromatic carbocycles. The van der Waals surface area contributed by atoms with E-state index in [4.69, 9.17) is 4.74 Å². The fourth-order valence-electron chi connectivity index (χ4n) is 3.33. The van der Waals surface area contributed by atoms with Crippen molar-refractivity contribution in [3.05, 3.63) is 108 Å². The van der Waals surface area contributed by atoms with Gasteiger partial charge in [0, 0.05) is 18.0 Å². The number of hydrogen-bond donors (Lipinski definition) is 1. The van der Waals surface area contributed by atoms with E-state index in [0.717, 1.165) is 22.3 Å². The molecular formula is C25H22N2O2. The predicted octanol–water partition coefficient (Wildman–Crippen LogP) is 5.30. The first-order chi connectivity index (χ1) is 14.2. The number of carbonyl (C=O) groups excluding carboxylic acids is 1. The van der Waals surface area contributed by atoms with E-state index < -0.39 is 0 Å². The Morgan fingerprint density at radius 1 is 0.931 bits per heavy atom. The third-order valence-corrected chi connectivity index (χ3v) is 4.91. The van der Waals surface area contributed by atoms with Gasteiger partial charge in [0.1, 0.15) is 12.4 Å². The summed E-state index contributed by atoms with van der Waals surface area (Å²) in [6.07, 6.45) is 3.48. The zero-order valence-electron chi connectivity index (χ0n) is 16.2. The molecular weight excluding hydrogens is 360 g/mol. The van der Waals surface area contributed by atoms with Crippen LogP contribution < -0.4 is 10.1 Å². The highest BCUT2D eigenvalue weighted by atomic mass is 16.5. The van der Waals surface area contributed by atoms with Crippen molar-refractivity contribution in [3.63, 3.8) is 0 Å². The van der Waals surface area contributed by atoms with E-state index in [-0.39, 0.29) is 11.9 Å². The molecule has 4 nitrogen and oxygen atoms in total. The van der Waals surface area contributed by atoms with E-state index >= 15 is 0 Å². The highest BCUT2D eigenvalue weighted by molar-refractivity contribution is 5.95. The van der Waals surface area contributed by atoms with Crippen LogP contribution in [-0.4, -0.2) is 10.9 Å². The van der Waals surface area contributed by atoms with Gasteiger partial charge in [0.2, 0.25) is 0 Å². The lowest BCUT2D eigenvalue weighted by Crippen LogP contribution is -2.26. The van der Waals surface area contributed by atoms with Crippen molar-refractivity contribution in [1.29, 1.82) is 0 Å². The molecule has 0 unspecified atom stereocenters. The minimum Gasteiger partial charge on any atom is -0.489 e. The molecule has 1 atom stereocenters. The molecule has 0 fully saturated rings. The zero-order valence-corrected chi connectivity index (χ0v) is 16.2. The molecule has 0 aliphatic heterocycles. The van der Waals surface area contributed by atoms with Gasteiger partial charge in [0.15, 0.2) is 0 Å². The first-order valence-electron chi connectivity index (χ1n) is 9.61. The van der Waals surface area contributed by atoms with Gasteiger partial charge in [0.05, 0.1) is 6.04 Å². The molecule has 144 valence electrons. The largest absolute Gasteiger partial charge is 0.489 e. The van der Waals surface area contributed by atoms with E-state index in [0.29, 0.717) is 12.2 Å². The summed E-state index contributed by atoms with van der Waals surface area (Å²) in [4.78, 5) is 16.7. The summed E-state index contributed by atoms with van der Waals surface area (Å²) in [6, 6.07) is 25.3. The lowest BCUT2D eigenvalue weighted by atomic mass is 9.99. The van der Waals surface area contributed by atoms with E-state index in [1.807, 2.05) is 49.4 Å². The number of carbonyl (C=O) groups is 1. The second-order valence-electron chi connectivity index (χ2n) is 6.93. The molecule has 1 N–H and O–H groups in total. The van der Waals surface area contributed by atoms with Gasteiger partial charge in [0.25, 0.3) is 5.91 Å². The molecule has 0 saturated heterocycles. The highest BCUT2D eigenvalue weighted by Crippen LogP contribution is 2.24. The van der Waals surface area contributed by atoms with Crippen molar-refractivity contribution < 1.29 is 9.53 Å². The number of nitrogens with one attached hydrogen (secondary N) is 1. The van der Waals surface area contributed by atoms with Crippen LogP contribution in [0.15, 0.2) is 91.3 Å². The Hall–Kier alpha value is -3.66. The minimum atomic E-state index is -0.105. The Balaban J connectivity index is 1.41. The number of aromatic nitrogens is 1. The fraction of sp³-hybridized carbons (Fsp3) is 0.120. The van der Waals surface area contributed by atoms with Crippen molar-refractivity contribution in [1.82, 2.24) is 10.3 Å². The number of rotatable bonds is 6. The van der Waals surface area contributed by atoms with Gasteiger partial charge >= 0.3 is 0 Å². The van der Waals surface area contributed by atoms with Gasteiger partial charge in [-0.25, -0.2) is 0 Å². The van der Waals surface area contributed by atoms with Crippen LogP contribution >= 0.6 is 0 Å². The van der Waals surface area contributed by atoms with Gasteiger partial charge in [-0.15, -0.1) is 0 Å². The molecule has 29 heavy (non-hydrogen) atoms. The lowest BCUT2D eigenvalue weighted by Gasteiger charge is -2.17. The van der Waals surface area contributed by atoms with Crippen LogP contribution in [0.3, 0.4) is 0 Å². The van der Waals surface area contributed by atoms with Gasteiger partial charge in [-0.2, -0.15) is 0 Å². The van der Waals surface area contributed by atoms with Crippen molar-refractivity contribution in [3.8, 4) is 5.75 Å². The molecule has 4 rings (SSSR count). The van der Waals surface area contributed by atoms with Gasteiger partial charge < -0.3 is 10.1 Å². The smallest absolute Gasteiger partial charge is 0.251 e. The zero-order chi connectivity index (χ0) is 20.1. The predicted molar refractivity (Wildman–Crippen MR) is 115 cm³/mol. The summed E-state index contributed by atoms with van der Waals surface area (Å²) in [7, 11) is 0. The van der Waals surface area contributed by atoms with Crippen LogP contribution in [0, 0.1) is 0 Å². The molecule has 0 radical (unpaired) electrons. The molecule has 0 spiro atoms. The van der Waals surface area contributed by atoms with Gasteiger partial charge in [-0.1, -0.05) is 42.5 Å². The monoisotopic (exact) mass is 382 g/mol. The number of fused-ring (bicyclic) bond motifs is 1. The second kappa shape index (κ2) is 8.57. The van der Waals surface area contributed by atoms with E-state index in [1.165, 1.54) is 5.39 Å². The normalized spacial score (nSPS) is 11.8. The van der Waals surface area contributed by atoms with E-state index in [9.17, 15) is 4.79 Å². The topological polar surface area (TPSA) is 51.2 Å². The molecule has 4 heteroatoms. The van der Waals surface area contributed by atoms with Crippen LogP contribution in [0.4, 0.5) is 0 Å². The maximum atomic E-state index is 12.7. The average Bonchev–Trinajstić information content (AvgIpc) is 2.78. The van der Waals surface area contributed by atoms with Gasteiger partial charge in [-0.3, -0.25) is 9.78 Å². The summed E-state index contributed by atoms with van der Waals surface area (Å²) in [5.41, 5.74) is 2.76. The quantitative estimate of drug-likeness (QED) is 0.492. The molecule has 1 heterocycles. The number of pyridine rings is 1. The molecule has 1 amide bonds. The van der Waals surface area contributed by atoms with Crippen LogP contribution in [0.1, 0.15) is 34.5 Å². The number of benzene rings is 3. The van der Waals surface area contributed by atoms with Crippen molar-refractivity contribution in [2.24, 2.45) is 0 Å². The van der Waals surface area contributed by atoms with Crippen molar-refractivity contribution >= 4 is 16.7 Å². The Kier molecular flexibility index (Phi) is 5.52. The molecule has 4 aromatic rings. The Bertz CT molecular complexity index is 1100. The molecule has 0 saturated carbocycles. The molecule has 0 aliphatic carbocycles. The number of hydrogen-bond acceptors (Lipinski definition) is 3. The van der Waals surface area contributed by atoms with E-state index in [2.05, 4.69) is 34.6 Å². The average molecular weight is 382 g/mol. The third-order valence-electron chi connectivity index (χ3n) is 4.91. The van der Waals surface area contributed by atoms with Crippen LogP contribution in [-0.2, 0) is 6.61 Å². The molecule has 1 aromatic heterocycles. The maximum Gasteiger partial charge on any atom is 0.251 e. The van der Waals surface area contributed by atoms with Gasteiger partial charge in [-0.05, 0) is 65.2 Å². The summed E-state index contributed by atoms with van der Waals surface area (Å²) in [5.74, 6) is 0.617. The maximum absolute atomic E-state index is 12.7. The highest BCUT2D eigenvalue weighted by Gasteiger charge is 2.13. The standard InChI is InChI=1S/C25H22N2O2/c1-18(23-8-4-6-20-5-2-3-7-24(20)23)27-25(28)21-9-11-22(12-10-21)29-17-19-13-15-26-16-14-19/h2-16,18H,17H2,1H3,(H,27,28)/t18-/m1/s1. The van der Waals surface area contributed by atoms with Crippen LogP contribution in [0.5, 0.6) is 5.75 Å². The van der Waals surface area contributed by atoms with Crippen LogP contribution in [0.2, 0.25) is 0 Å². The minimum absolute atomic E-state index is 0.101. The summed E-state index contributed by atoms with van der Waals surface area (Å²) >= 11 is 0. The lowest BCUT2D eigenvalue weighted by molar-refractivity contribution is 0.0940. The Labute approximate surface area is 170 Å². The molecule has 0 bridgehead atoms. The summed E-state index contributed by atoms with van der Waals surface area (Å²) < 4.78 is 5.77. The number of ether oxygens (including phenoxy) is 1. The first-order valence-corrected chi connectivity index (χ1v) is 9.61. The number of amides is 1. The van der Waals surface area contributed by atoms with Crippen molar-refractivity contribution in [2.45, 2.75) is 19.6 Å². The Morgan fingerprint density at radius 3 is 2.45 bits per heavy atom. The number of nitrogens with zero attached hydrogens (tertiary/aromatic N) is 1. The SMILES string of the molecule is C[C@@H](NC(=O)c1ccc(OCc2ccncc2)cc1)c1cccc2ccccc12. The second-order valence-corrected chi connectivity index (χ2v) is 6.93. The summed E-state index contributed by atoms with van der Waals surface area (Å²) in [5, 5.41) is 5.42. The summed E-state index contributed by atoms with van der Waals surface area (Å²) in [6.45, 7) is 2.47. The first kappa shape index (κ1) is 18.7. The fourth-order valence-corrected chi connectivity index (χ4v) is 3.33. The van der Waals surface area contributed by atoms with E-state index in [1.54, 1.807) is 24.5 Å². The van der Waals surface area contributed by atoms with Crippen LogP contribution in [0.25, 0.3) is 10.8 Å². The third kappa shape index (κ3) is 4.43.